The third-order valence-electron chi connectivity index (χ3n) is 5.59. The molecule has 0 radical (unpaired) electrons. The average molecular weight is 442 g/mol. The molecule has 0 saturated carbocycles. The molecule has 0 aliphatic rings. The van der Waals surface area contributed by atoms with E-state index in [-0.39, 0.29) is 17.2 Å². The SMILES string of the molecule is Cc1ccc(N(c2ccc(Oc3c(C)ccc(C)c3O)cc2)c2ccc(C)cc2O)c(O)c1. The standard InChI is InChI=1S/C28H27NO4/c1-17-5-13-23(25(30)15-17)29(24-14-6-18(2)16-26(24)31)21-9-11-22(12-10-21)33-28-20(4)8-7-19(3)27(28)32/h5-16,30-32H,1-4H3. The van der Waals surface area contributed by atoms with Gasteiger partial charge in [-0.05, 0) is 98.5 Å². The molecule has 33 heavy (non-hydrogen) atoms. The van der Waals surface area contributed by atoms with Gasteiger partial charge in [-0.3, -0.25) is 0 Å². The maximum Gasteiger partial charge on any atom is 0.172 e. The molecule has 0 aromatic heterocycles. The smallest absolute Gasteiger partial charge is 0.172 e. The van der Waals surface area contributed by atoms with E-state index in [0.717, 1.165) is 27.9 Å². The van der Waals surface area contributed by atoms with Gasteiger partial charge in [0.1, 0.15) is 17.2 Å². The zero-order valence-corrected chi connectivity index (χ0v) is 19.1. The van der Waals surface area contributed by atoms with Crippen LogP contribution in [-0.2, 0) is 0 Å². The highest BCUT2D eigenvalue weighted by atomic mass is 16.5. The molecular formula is C28H27NO4. The van der Waals surface area contributed by atoms with E-state index < -0.39 is 0 Å². The molecule has 0 saturated heterocycles. The van der Waals surface area contributed by atoms with Gasteiger partial charge in [0.05, 0.1) is 11.4 Å². The lowest BCUT2D eigenvalue weighted by Gasteiger charge is -2.27. The molecule has 5 nitrogen and oxygen atoms in total. The molecule has 0 heterocycles. The minimum atomic E-state index is 0.107. The second kappa shape index (κ2) is 8.79. The summed E-state index contributed by atoms with van der Waals surface area (Å²) in [5.41, 5.74) is 5.25. The Morgan fingerprint density at radius 2 is 1.12 bits per heavy atom. The molecule has 0 atom stereocenters. The molecule has 0 unspecified atom stereocenters. The van der Waals surface area contributed by atoms with Crippen LogP contribution in [0.25, 0.3) is 0 Å². The molecule has 0 amide bonds. The molecule has 5 heteroatoms. The highest BCUT2D eigenvalue weighted by Crippen LogP contribution is 2.44. The molecular weight excluding hydrogens is 414 g/mol. The second-order valence-corrected chi connectivity index (χ2v) is 8.29. The third kappa shape index (κ3) is 4.44. The summed E-state index contributed by atoms with van der Waals surface area (Å²) >= 11 is 0. The van der Waals surface area contributed by atoms with Crippen LogP contribution in [0.5, 0.6) is 28.7 Å². The van der Waals surface area contributed by atoms with Gasteiger partial charge in [0.15, 0.2) is 11.5 Å². The van der Waals surface area contributed by atoms with Gasteiger partial charge in [-0.25, -0.2) is 0 Å². The minimum absolute atomic E-state index is 0.107. The lowest BCUT2D eigenvalue weighted by molar-refractivity contribution is 0.406. The second-order valence-electron chi connectivity index (χ2n) is 8.29. The summed E-state index contributed by atoms with van der Waals surface area (Å²) in [6.07, 6.45) is 0. The fourth-order valence-corrected chi connectivity index (χ4v) is 3.73. The summed E-state index contributed by atoms with van der Waals surface area (Å²) in [5, 5.41) is 31.8. The summed E-state index contributed by atoms with van der Waals surface area (Å²) in [6.45, 7) is 7.52. The predicted octanol–water partition coefficient (Wildman–Crippen LogP) is 7.30. The Morgan fingerprint density at radius 3 is 1.64 bits per heavy atom. The summed E-state index contributed by atoms with van der Waals surface area (Å²) < 4.78 is 5.98. The molecule has 4 aromatic carbocycles. The van der Waals surface area contributed by atoms with Crippen molar-refractivity contribution in [3.8, 4) is 28.7 Å². The molecule has 3 N–H and O–H groups in total. The Hall–Kier alpha value is -4.12. The average Bonchev–Trinajstić information content (AvgIpc) is 2.78. The van der Waals surface area contributed by atoms with Gasteiger partial charge in [-0.2, -0.15) is 0 Å². The summed E-state index contributed by atoms with van der Waals surface area (Å²) in [5.74, 6) is 1.32. The van der Waals surface area contributed by atoms with Gasteiger partial charge in [-0.15, -0.1) is 0 Å². The number of anilines is 3. The maximum atomic E-state index is 10.7. The molecule has 0 bridgehead atoms. The van der Waals surface area contributed by atoms with Crippen LogP contribution in [0.15, 0.2) is 72.8 Å². The number of ether oxygens (including phenoxy) is 1. The van der Waals surface area contributed by atoms with Crippen molar-refractivity contribution in [1.29, 1.82) is 0 Å². The lowest BCUT2D eigenvalue weighted by atomic mass is 10.1. The molecule has 0 aliphatic heterocycles. The molecule has 0 aliphatic carbocycles. The fourth-order valence-electron chi connectivity index (χ4n) is 3.73. The number of aryl methyl sites for hydroxylation is 4. The van der Waals surface area contributed by atoms with Crippen molar-refractivity contribution in [1.82, 2.24) is 0 Å². The summed E-state index contributed by atoms with van der Waals surface area (Å²) in [6, 6.07) is 21.9. The molecule has 168 valence electrons. The monoisotopic (exact) mass is 441 g/mol. The maximum absolute atomic E-state index is 10.7. The van der Waals surface area contributed by atoms with Crippen molar-refractivity contribution in [3.05, 3.63) is 95.1 Å². The Morgan fingerprint density at radius 1 is 0.606 bits per heavy atom. The van der Waals surface area contributed by atoms with Crippen LogP contribution in [0.3, 0.4) is 0 Å². The first kappa shape index (κ1) is 22.1. The number of hydrogen-bond donors (Lipinski definition) is 3. The van der Waals surface area contributed by atoms with Crippen LogP contribution in [0, 0.1) is 27.7 Å². The number of hydrogen-bond acceptors (Lipinski definition) is 5. The Kier molecular flexibility index (Phi) is 5.88. The van der Waals surface area contributed by atoms with E-state index in [1.807, 2.05) is 76.2 Å². The van der Waals surface area contributed by atoms with E-state index in [1.165, 1.54) is 0 Å². The lowest BCUT2D eigenvalue weighted by Crippen LogP contribution is -2.10. The quantitative estimate of drug-likeness (QED) is 0.303. The zero-order valence-electron chi connectivity index (χ0n) is 19.1. The van der Waals surface area contributed by atoms with Crippen LogP contribution < -0.4 is 9.64 Å². The van der Waals surface area contributed by atoms with Crippen LogP contribution in [0.4, 0.5) is 17.1 Å². The van der Waals surface area contributed by atoms with Crippen molar-refractivity contribution in [3.63, 3.8) is 0 Å². The van der Waals surface area contributed by atoms with Gasteiger partial charge in [-0.1, -0.05) is 24.3 Å². The predicted molar refractivity (Wildman–Crippen MR) is 132 cm³/mol. The molecule has 4 rings (SSSR count). The first-order valence-electron chi connectivity index (χ1n) is 10.7. The highest BCUT2D eigenvalue weighted by Gasteiger charge is 2.19. The van der Waals surface area contributed by atoms with Gasteiger partial charge in [0, 0.05) is 5.69 Å². The number of aromatic hydroxyl groups is 3. The van der Waals surface area contributed by atoms with Crippen molar-refractivity contribution in [2.75, 3.05) is 4.90 Å². The van der Waals surface area contributed by atoms with E-state index in [0.29, 0.717) is 22.9 Å². The van der Waals surface area contributed by atoms with E-state index in [9.17, 15) is 15.3 Å². The first-order chi connectivity index (χ1) is 15.7. The van der Waals surface area contributed by atoms with Gasteiger partial charge in [0.2, 0.25) is 0 Å². The fraction of sp³-hybridized carbons (Fsp3) is 0.143. The molecule has 0 spiro atoms. The van der Waals surface area contributed by atoms with Crippen LogP contribution in [0.2, 0.25) is 0 Å². The van der Waals surface area contributed by atoms with E-state index in [1.54, 1.807) is 29.2 Å². The van der Waals surface area contributed by atoms with E-state index in [4.69, 9.17) is 4.74 Å². The third-order valence-corrected chi connectivity index (χ3v) is 5.59. The topological polar surface area (TPSA) is 73.2 Å². The van der Waals surface area contributed by atoms with Crippen molar-refractivity contribution >= 4 is 17.1 Å². The first-order valence-corrected chi connectivity index (χ1v) is 10.7. The van der Waals surface area contributed by atoms with Crippen LogP contribution in [0.1, 0.15) is 22.3 Å². The number of nitrogens with zero attached hydrogens (tertiary/aromatic N) is 1. The highest BCUT2D eigenvalue weighted by molar-refractivity contribution is 5.83. The van der Waals surface area contributed by atoms with Crippen LogP contribution >= 0.6 is 0 Å². The summed E-state index contributed by atoms with van der Waals surface area (Å²) in [7, 11) is 0. The van der Waals surface area contributed by atoms with Crippen molar-refractivity contribution in [2.24, 2.45) is 0 Å². The number of phenols is 3. The number of benzene rings is 4. The number of phenolic OH excluding ortho intramolecular Hbond substituents is 3. The van der Waals surface area contributed by atoms with Crippen molar-refractivity contribution < 1.29 is 20.1 Å². The van der Waals surface area contributed by atoms with E-state index >= 15 is 0 Å². The van der Waals surface area contributed by atoms with Crippen molar-refractivity contribution in [2.45, 2.75) is 27.7 Å². The van der Waals surface area contributed by atoms with Gasteiger partial charge in [0.25, 0.3) is 0 Å². The minimum Gasteiger partial charge on any atom is -0.506 e. The normalized spacial score (nSPS) is 10.8. The van der Waals surface area contributed by atoms with Crippen LogP contribution in [-0.4, -0.2) is 15.3 Å². The molecule has 0 fully saturated rings. The van der Waals surface area contributed by atoms with Gasteiger partial charge >= 0.3 is 0 Å². The van der Waals surface area contributed by atoms with E-state index in [2.05, 4.69) is 0 Å². The zero-order chi connectivity index (χ0) is 23.7. The Balaban J connectivity index is 1.76. The Labute approximate surface area is 193 Å². The number of rotatable bonds is 5. The summed E-state index contributed by atoms with van der Waals surface area (Å²) in [4.78, 5) is 1.79. The molecule has 4 aromatic rings. The van der Waals surface area contributed by atoms with Gasteiger partial charge < -0.3 is 25.0 Å². The largest absolute Gasteiger partial charge is 0.506 e. The Bertz CT molecular complexity index is 1260.